The van der Waals surface area contributed by atoms with E-state index in [0.29, 0.717) is 64.6 Å². The number of anilines is 4. The molecule has 8 rings (SSSR count). The second kappa shape index (κ2) is 12.3. The average molecular weight is 649 g/mol. The van der Waals surface area contributed by atoms with E-state index in [-0.39, 0.29) is 11.5 Å². The van der Waals surface area contributed by atoms with Crippen molar-refractivity contribution in [1.82, 2.24) is 24.0 Å². The van der Waals surface area contributed by atoms with Crippen LogP contribution in [0.25, 0.3) is 11.1 Å². The van der Waals surface area contributed by atoms with Crippen LogP contribution in [0.2, 0.25) is 0 Å². The summed E-state index contributed by atoms with van der Waals surface area (Å²) in [5, 5.41) is 3.20. The quantitative estimate of drug-likeness (QED) is 0.300. The SMILES string of the molecule is C[C@H]1CN(C2COC2)CCN1c1ccc(Nc2cc(-c3ccnc(N4CCc5c(cc6n5CCCC6)C4=O)c3C=O)cn(C)c2=O)nc1. The van der Waals surface area contributed by atoms with Crippen LogP contribution in [-0.4, -0.2) is 87.7 Å². The molecule has 248 valence electrons. The molecule has 12 heteroatoms. The maximum absolute atomic E-state index is 13.8. The number of aldehydes is 1. The molecule has 0 saturated carbocycles. The number of fused-ring (bicyclic) bond motifs is 3. The summed E-state index contributed by atoms with van der Waals surface area (Å²) in [6.45, 7) is 8.15. The first-order valence-corrected chi connectivity index (χ1v) is 16.9. The molecule has 1 atom stereocenters. The van der Waals surface area contributed by atoms with Crippen molar-refractivity contribution in [3.8, 4) is 11.1 Å². The molecule has 4 aromatic heterocycles. The minimum atomic E-state index is -0.229. The summed E-state index contributed by atoms with van der Waals surface area (Å²) < 4.78 is 9.17. The summed E-state index contributed by atoms with van der Waals surface area (Å²) in [6, 6.07) is 10.3. The molecule has 0 bridgehead atoms. The Morgan fingerprint density at radius 2 is 1.85 bits per heavy atom. The Hall–Kier alpha value is -4.81. The maximum Gasteiger partial charge on any atom is 0.274 e. The fraction of sp³-hybridized carbons (Fsp3) is 0.417. The van der Waals surface area contributed by atoms with Gasteiger partial charge >= 0.3 is 0 Å². The molecule has 0 unspecified atom stereocenters. The molecule has 1 amide bonds. The van der Waals surface area contributed by atoms with Crippen molar-refractivity contribution < 1.29 is 14.3 Å². The lowest BCUT2D eigenvalue weighted by Gasteiger charge is -2.46. The highest BCUT2D eigenvalue weighted by molar-refractivity contribution is 6.10. The van der Waals surface area contributed by atoms with Gasteiger partial charge < -0.3 is 24.1 Å². The third-order valence-electron chi connectivity index (χ3n) is 10.4. The molecule has 0 aromatic carbocycles. The number of piperazine rings is 1. The largest absolute Gasteiger partial charge is 0.378 e. The van der Waals surface area contributed by atoms with E-state index in [2.05, 4.69) is 36.6 Å². The Morgan fingerprint density at radius 3 is 2.60 bits per heavy atom. The fourth-order valence-electron chi connectivity index (χ4n) is 7.73. The minimum Gasteiger partial charge on any atom is -0.378 e. The number of hydrogen-bond donors (Lipinski definition) is 1. The lowest BCUT2D eigenvalue weighted by molar-refractivity contribution is -0.0691. The predicted molar refractivity (Wildman–Crippen MR) is 184 cm³/mol. The molecule has 48 heavy (non-hydrogen) atoms. The average Bonchev–Trinajstić information content (AvgIpc) is 3.46. The van der Waals surface area contributed by atoms with Gasteiger partial charge in [0.05, 0.1) is 42.3 Å². The third kappa shape index (κ3) is 5.29. The van der Waals surface area contributed by atoms with E-state index in [0.717, 1.165) is 76.3 Å². The first-order chi connectivity index (χ1) is 23.4. The topological polar surface area (TPSA) is 118 Å². The fourth-order valence-corrected chi connectivity index (χ4v) is 7.73. The summed E-state index contributed by atoms with van der Waals surface area (Å²) >= 11 is 0. The highest BCUT2D eigenvalue weighted by Gasteiger charge is 2.34. The van der Waals surface area contributed by atoms with E-state index >= 15 is 0 Å². The van der Waals surface area contributed by atoms with E-state index in [1.54, 1.807) is 36.5 Å². The molecule has 1 N–H and O–H groups in total. The smallest absolute Gasteiger partial charge is 0.274 e. The minimum absolute atomic E-state index is 0.132. The summed E-state index contributed by atoms with van der Waals surface area (Å²) in [5.41, 5.74) is 5.69. The van der Waals surface area contributed by atoms with Gasteiger partial charge in [0.25, 0.3) is 11.5 Å². The summed E-state index contributed by atoms with van der Waals surface area (Å²) in [6.07, 6.45) is 9.85. The van der Waals surface area contributed by atoms with Crippen LogP contribution in [0.3, 0.4) is 0 Å². The lowest BCUT2D eigenvalue weighted by atomic mass is 10.0. The van der Waals surface area contributed by atoms with Gasteiger partial charge in [-0.1, -0.05) is 0 Å². The van der Waals surface area contributed by atoms with Crippen molar-refractivity contribution in [3.05, 3.63) is 81.8 Å². The molecule has 4 aliphatic heterocycles. The molecular formula is C36H40N8O4. The van der Waals surface area contributed by atoms with E-state index in [9.17, 15) is 14.4 Å². The summed E-state index contributed by atoms with van der Waals surface area (Å²) in [4.78, 5) is 55.4. The molecule has 2 fully saturated rings. The Kier molecular flexibility index (Phi) is 7.84. The van der Waals surface area contributed by atoms with Crippen LogP contribution in [0.4, 0.5) is 23.0 Å². The molecule has 0 radical (unpaired) electrons. The Labute approximate surface area is 278 Å². The van der Waals surface area contributed by atoms with E-state index < -0.39 is 0 Å². The van der Waals surface area contributed by atoms with E-state index in [1.165, 1.54) is 10.3 Å². The molecular weight excluding hydrogens is 608 g/mol. The number of amides is 1. The predicted octanol–water partition coefficient (Wildman–Crippen LogP) is 3.65. The lowest BCUT2D eigenvalue weighted by Crippen LogP contribution is -2.59. The van der Waals surface area contributed by atoms with Crippen molar-refractivity contribution in [2.24, 2.45) is 7.05 Å². The molecule has 4 aromatic rings. The molecule has 2 saturated heterocycles. The van der Waals surface area contributed by atoms with E-state index in [4.69, 9.17) is 4.74 Å². The van der Waals surface area contributed by atoms with Crippen LogP contribution < -0.4 is 20.7 Å². The van der Waals surface area contributed by atoms with Crippen LogP contribution in [0.15, 0.2) is 53.7 Å². The number of nitrogens with zero attached hydrogens (tertiary/aromatic N) is 7. The molecule has 0 aliphatic carbocycles. The molecule has 8 heterocycles. The van der Waals surface area contributed by atoms with Crippen LogP contribution in [-0.2, 0) is 31.2 Å². The second-order valence-corrected chi connectivity index (χ2v) is 13.3. The van der Waals surface area contributed by atoms with Gasteiger partial charge in [0.1, 0.15) is 17.3 Å². The van der Waals surface area contributed by atoms with Gasteiger partial charge in [-0.2, -0.15) is 0 Å². The standard InChI is InChI=1S/C36H40N8O4/c1-23-18-41(27-21-48-22-27)13-14-42(23)26-6-7-33(38-17-26)39-31-15-24(19-40(2)36(31)47)28-8-10-37-34(30(28)20-45)44-12-9-32-29(35(44)46)16-25-5-3-4-11-43(25)32/h6-8,10,15-17,19-20,23,27H,3-5,9,11-14,18,21-22H2,1-2H3,(H,38,39)/t23-/m0/s1. The van der Waals surface area contributed by atoms with Gasteiger partial charge in [-0.15, -0.1) is 0 Å². The van der Waals surface area contributed by atoms with Crippen LogP contribution in [0.5, 0.6) is 0 Å². The van der Waals surface area contributed by atoms with Gasteiger partial charge in [-0.25, -0.2) is 9.97 Å². The van der Waals surface area contributed by atoms with Crippen LogP contribution in [0, 0.1) is 0 Å². The zero-order valence-electron chi connectivity index (χ0n) is 27.4. The number of carbonyl (C=O) groups excluding carboxylic acids is 2. The first-order valence-electron chi connectivity index (χ1n) is 16.9. The zero-order valence-corrected chi connectivity index (χ0v) is 27.4. The number of aryl methyl sites for hydroxylation is 2. The Morgan fingerprint density at radius 1 is 0.979 bits per heavy atom. The molecule has 12 nitrogen and oxygen atoms in total. The van der Waals surface area contributed by atoms with E-state index in [1.807, 2.05) is 24.4 Å². The van der Waals surface area contributed by atoms with Crippen molar-refractivity contribution in [2.45, 2.75) is 51.2 Å². The number of pyridine rings is 3. The van der Waals surface area contributed by atoms with Gasteiger partial charge in [0.15, 0.2) is 6.29 Å². The number of ether oxygens (including phenoxy) is 1. The van der Waals surface area contributed by atoms with Gasteiger partial charge in [0.2, 0.25) is 0 Å². The Bertz CT molecular complexity index is 1950. The highest BCUT2D eigenvalue weighted by Crippen LogP contribution is 2.34. The third-order valence-corrected chi connectivity index (χ3v) is 10.4. The van der Waals surface area contributed by atoms with Crippen molar-refractivity contribution in [1.29, 1.82) is 0 Å². The van der Waals surface area contributed by atoms with Crippen LogP contribution >= 0.6 is 0 Å². The van der Waals surface area contributed by atoms with Crippen LogP contribution in [0.1, 0.15) is 51.9 Å². The van der Waals surface area contributed by atoms with Gasteiger partial charge in [0, 0.05) is 81.6 Å². The number of rotatable bonds is 7. The molecule has 4 aliphatic rings. The normalized spacial score (nSPS) is 19.9. The summed E-state index contributed by atoms with van der Waals surface area (Å²) in [7, 11) is 1.68. The first kappa shape index (κ1) is 30.5. The molecule has 0 spiro atoms. The maximum atomic E-state index is 13.8. The number of carbonyl (C=O) groups is 2. The van der Waals surface area contributed by atoms with Gasteiger partial charge in [-0.3, -0.25) is 24.2 Å². The highest BCUT2D eigenvalue weighted by atomic mass is 16.5. The second-order valence-electron chi connectivity index (χ2n) is 13.3. The Balaban J connectivity index is 1.04. The summed E-state index contributed by atoms with van der Waals surface area (Å²) in [5.74, 6) is 0.744. The van der Waals surface area contributed by atoms with Crippen molar-refractivity contribution in [2.75, 3.05) is 54.5 Å². The zero-order chi connectivity index (χ0) is 32.9. The van der Waals surface area contributed by atoms with Crippen molar-refractivity contribution >= 4 is 35.2 Å². The number of aromatic nitrogens is 4. The number of hydrogen-bond acceptors (Lipinski definition) is 9. The van der Waals surface area contributed by atoms with Gasteiger partial charge in [-0.05, 0) is 62.1 Å². The monoisotopic (exact) mass is 648 g/mol. The number of nitrogens with one attached hydrogen (secondary N) is 1. The van der Waals surface area contributed by atoms with Crippen molar-refractivity contribution in [3.63, 3.8) is 0 Å².